The number of carbonyl (C=O) groups is 1. The van der Waals surface area contributed by atoms with Crippen molar-refractivity contribution in [2.24, 2.45) is 0 Å². The monoisotopic (exact) mass is 346 g/mol. The van der Waals surface area contributed by atoms with Crippen LogP contribution >= 0.6 is 23.4 Å². The highest BCUT2D eigenvalue weighted by molar-refractivity contribution is 7.98. The molecule has 0 aliphatic rings. The molecule has 1 aromatic heterocycles. The van der Waals surface area contributed by atoms with E-state index in [0.717, 1.165) is 10.4 Å². The molecular formula is C17H15ClN2O2S. The molecular weight excluding hydrogens is 332 g/mol. The van der Waals surface area contributed by atoms with E-state index in [9.17, 15) is 4.79 Å². The van der Waals surface area contributed by atoms with Crippen molar-refractivity contribution in [2.45, 2.75) is 17.9 Å². The molecule has 0 bridgehead atoms. The first-order chi connectivity index (χ1) is 11.1. The number of para-hydroxylation sites is 2. The van der Waals surface area contributed by atoms with Crippen molar-refractivity contribution in [3.05, 3.63) is 58.9 Å². The lowest BCUT2D eigenvalue weighted by Gasteiger charge is -2.12. The number of hydrogen-bond donors (Lipinski definition) is 1. The van der Waals surface area contributed by atoms with Gasteiger partial charge in [0, 0.05) is 4.90 Å². The Morgan fingerprint density at radius 2 is 2.09 bits per heavy atom. The van der Waals surface area contributed by atoms with Crippen molar-refractivity contribution in [1.29, 1.82) is 0 Å². The highest BCUT2D eigenvalue weighted by atomic mass is 35.5. The van der Waals surface area contributed by atoms with E-state index in [2.05, 4.69) is 10.3 Å². The van der Waals surface area contributed by atoms with Gasteiger partial charge in [0.15, 0.2) is 5.58 Å². The number of oxazole rings is 1. The van der Waals surface area contributed by atoms with Gasteiger partial charge in [0.05, 0.1) is 10.6 Å². The number of carbonyl (C=O) groups excluding carboxylic acids is 1. The quantitative estimate of drug-likeness (QED) is 0.696. The predicted molar refractivity (Wildman–Crippen MR) is 93.1 cm³/mol. The summed E-state index contributed by atoms with van der Waals surface area (Å²) in [5, 5.41) is 3.30. The maximum Gasteiger partial charge on any atom is 0.253 e. The molecule has 6 heteroatoms. The number of benzene rings is 2. The van der Waals surface area contributed by atoms with E-state index in [1.807, 2.05) is 43.5 Å². The van der Waals surface area contributed by atoms with Crippen LogP contribution in [0.4, 0.5) is 0 Å². The minimum atomic E-state index is -0.357. The van der Waals surface area contributed by atoms with Gasteiger partial charge in [-0.2, -0.15) is 0 Å². The Labute approximate surface area is 143 Å². The van der Waals surface area contributed by atoms with E-state index in [1.165, 1.54) is 0 Å². The molecule has 0 saturated heterocycles. The first-order valence-electron chi connectivity index (χ1n) is 7.08. The molecule has 4 nitrogen and oxygen atoms in total. The zero-order valence-corrected chi connectivity index (χ0v) is 14.2. The number of fused-ring (bicyclic) bond motifs is 1. The van der Waals surface area contributed by atoms with Crippen LogP contribution in [0.25, 0.3) is 11.1 Å². The van der Waals surface area contributed by atoms with Crippen molar-refractivity contribution in [2.75, 3.05) is 6.26 Å². The molecule has 1 unspecified atom stereocenters. The third-order valence-corrected chi connectivity index (χ3v) is 4.50. The van der Waals surface area contributed by atoms with Gasteiger partial charge in [-0.1, -0.05) is 23.7 Å². The van der Waals surface area contributed by atoms with Crippen molar-refractivity contribution in [3.63, 3.8) is 0 Å². The lowest BCUT2D eigenvalue weighted by molar-refractivity contribution is 0.0934. The van der Waals surface area contributed by atoms with E-state index >= 15 is 0 Å². The molecule has 1 atom stereocenters. The number of halogens is 1. The van der Waals surface area contributed by atoms with E-state index < -0.39 is 0 Å². The summed E-state index contributed by atoms with van der Waals surface area (Å²) in [6.07, 6.45) is 1.95. The second-order valence-electron chi connectivity index (χ2n) is 5.06. The molecule has 2 aromatic carbocycles. The predicted octanol–water partition coefficient (Wildman–Crippen LogP) is 4.69. The van der Waals surface area contributed by atoms with Gasteiger partial charge in [-0.05, 0) is 43.5 Å². The summed E-state index contributed by atoms with van der Waals surface area (Å²) in [5.74, 6) is 0.220. The fraction of sp³-hybridized carbons (Fsp3) is 0.176. The van der Waals surface area contributed by atoms with Crippen LogP contribution in [0.3, 0.4) is 0 Å². The summed E-state index contributed by atoms with van der Waals surface area (Å²) in [5.41, 5.74) is 1.92. The summed E-state index contributed by atoms with van der Waals surface area (Å²) in [6, 6.07) is 12.5. The van der Waals surface area contributed by atoms with Gasteiger partial charge in [-0.15, -0.1) is 11.8 Å². The van der Waals surface area contributed by atoms with Crippen molar-refractivity contribution in [1.82, 2.24) is 10.3 Å². The minimum absolute atomic E-state index is 0.249. The van der Waals surface area contributed by atoms with Crippen LogP contribution in [0.2, 0.25) is 5.02 Å². The van der Waals surface area contributed by atoms with Crippen LogP contribution in [0.15, 0.2) is 51.8 Å². The Kier molecular flexibility index (Phi) is 4.59. The molecule has 3 aromatic rings. The highest BCUT2D eigenvalue weighted by Crippen LogP contribution is 2.24. The van der Waals surface area contributed by atoms with Gasteiger partial charge >= 0.3 is 0 Å². The minimum Gasteiger partial charge on any atom is -0.438 e. The zero-order valence-electron chi connectivity index (χ0n) is 12.7. The Hall–Kier alpha value is -1.98. The average Bonchev–Trinajstić information content (AvgIpc) is 2.99. The molecule has 0 aliphatic heterocycles. The van der Waals surface area contributed by atoms with Crippen LogP contribution in [0.1, 0.15) is 29.2 Å². The fourth-order valence-electron chi connectivity index (χ4n) is 2.22. The third kappa shape index (κ3) is 3.35. The number of aromatic nitrogens is 1. The van der Waals surface area contributed by atoms with Gasteiger partial charge in [-0.25, -0.2) is 4.98 Å². The number of nitrogens with one attached hydrogen (secondary N) is 1. The molecule has 3 rings (SSSR count). The first-order valence-corrected chi connectivity index (χ1v) is 8.68. The Morgan fingerprint density at radius 1 is 1.30 bits per heavy atom. The van der Waals surface area contributed by atoms with Crippen molar-refractivity contribution in [3.8, 4) is 0 Å². The largest absolute Gasteiger partial charge is 0.438 e. The van der Waals surface area contributed by atoms with Crippen LogP contribution in [-0.4, -0.2) is 17.1 Å². The molecule has 23 heavy (non-hydrogen) atoms. The molecule has 1 heterocycles. The molecule has 0 radical (unpaired) electrons. The van der Waals surface area contributed by atoms with E-state index in [1.54, 1.807) is 23.9 Å². The van der Waals surface area contributed by atoms with Crippen molar-refractivity contribution < 1.29 is 9.21 Å². The number of hydrogen-bond acceptors (Lipinski definition) is 4. The Bertz CT molecular complexity index is 830. The number of amides is 1. The third-order valence-electron chi connectivity index (χ3n) is 3.45. The van der Waals surface area contributed by atoms with E-state index in [0.29, 0.717) is 22.1 Å². The standard InChI is InChI=1S/C17H15ClN2O2S/c1-10(17-20-14-5-3-4-6-15(14)22-17)19-16(21)12-9-11(23-2)7-8-13(12)18/h3-10H,1-2H3,(H,19,21). The van der Waals surface area contributed by atoms with E-state index in [-0.39, 0.29) is 11.9 Å². The summed E-state index contributed by atoms with van der Waals surface area (Å²) < 4.78 is 5.68. The van der Waals surface area contributed by atoms with Gasteiger partial charge in [0.25, 0.3) is 5.91 Å². The normalized spacial score (nSPS) is 12.3. The van der Waals surface area contributed by atoms with Gasteiger partial charge in [-0.3, -0.25) is 4.79 Å². The smallest absolute Gasteiger partial charge is 0.253 e. The molecule has 0 spiro atoms. The molecule has 1 amide bonds. The van der Waals surface area contributed by atoms with Gasteiger partial charge in [0.1, 0.15) is 11.6 Å². The lowest BCUT2D eigenvalue weighted by Crippen LogP contribution is -2.27. The average molecular weight is 347 g/mol. The molecule has 1 N–H and O–H groups in total. The topological polar surface area (TPSA) is 55.1 Å². The molecule has 0 fully saturated rings. The number of thioether (sulfide) groups is 1. The first kappa shape index (κ1) is 15.9. The molecule has 0 saturated carbocycles. The summed E-state index contributed by atoms with van der Waals surface area (Å²) in [4.78, 5) is 17.8. The highest BCUT2D eigenvalue weighted by Gasteiger charge is 2.18. The van der Waals surface area contributed by atoms with Gasteiger partial charge in [0.2, 0.25) is 5.89 Å². The lowest BCUT2D eigenvalue weighted by atomic mass is 10.2. The second-order valence-corrected chi connectivity index (χ2v) is 6.35. The molecule has 118 valence electrons. The zero-order chi connectivity index (χ0) is 16.4. The second kappa shape index (κ2) is 6.64. The number of rotatable bonds is 4. The SMILES string of the molecule is CSc1ccc(Cl)c(C(=O)NC(C)c2nc3ccccc3o2)c1. The Balaban J connectivity index is 1.81. The van der Waals surface area contributed by atoms with Crippen LogP contribution in [-0.2, 0) is 0 Å². The van der Waals surface area contributed by atoms with Crippen LogP contribution in [0.5, 0.6) is 0 Å². The maximum atomic E-state index is 12.5. The van der Waals surface area contributed by atoms with Crippen LogP contribution in [0, 0.1) is 0 Å². The summed E-state index contributed by atoms with van der Waals surface area (Å²) >= 11 is 7.69. The summed E-state index contributed by atoms with van der Waals surface area (Å²) in [6.45, 7) is 1.83. The van der Waals surface area contributed by atoms with Crippen LogP contribution < -0.4 is 5.32 Å². The van der Waals surface area contributed by atoms with E-state index in [4.69, 9.17) is 16.0 Å². The fourth-order valence-corrected chi connectivity index (χ4v) is 2.86. The van der Waals surface area contributed by atoms with Crippen molar-refractivity contribution >= 4 is 40.4 Å². The molecule has 0 aliphatic carbocycles. The van der Waals surface area contributed by atoms with Gasteiger partial charge < -0.3 is 9.73 Å². The summed E-state index contributed by atoms with van der Waals surface area (Å²) in [7, 11) is 0. The Morgan fingerprint density at radius 3 is 2.83 bits per heavy atom. The number of nitrogens with zero attached hydrogens (tertiary/aromatic N) is 1. The maximum absolute atomic E-state index is 12.5.